The Bertz CT molecular complexity index is 710. The molecule has 0 atom stereocenters. The van der Waals surface area contributed by atoms with Gasteiger partial charge in [0.2, 0.25) is 0 Å². The summed E-state index contributed by atoms with van der Waals surface area (Å²) >= 11 is 0. The van der Waals surface area contributed by atoms with Gasteiger partial charge in [0, 0.05) is 36.6 Å². The number of likely N-dealkylation sites (tertiary alicyclic amines) is 1. The number of benzene rings is 1. The average molecular weight is 325 g/mol. The van der Waals surface area contributed by atoms with Crippen LogP contribution in [0.2, 0.25) is 0 Å². The van der Waals surface area contributed by atoms with E-state index in [1.165, 1.54) is 0 Å². The molecule has 0 radical (unpaired) electrons. The van der Waals surface area contributed by atoms with Gasteiger partial charge in [-0.3, -0.25) is 0 Å². The molecule has 0 saturated carbocycles. The monoisotopic (exact) mass is 325 g/mol. The molecule has 2 heterocycles. The summed E-state index contributed by atoms with van der Waals surface area (Å²) in [7, 11) is 0. The largest absolute Gasteiger partial charge is 0.367 e. The van der Waals surface area contributed by atoms with E-state index in [0.717, 1.165) is 48.7 Å². The van der Waals surface area contributed by atoms with Crippen molar-refractivity contribution in [1.82, 2.24) is 14.9 Å². The molecule has 2 aromatic rings. The van der Waals surface area contributed by atoms with E-state index in [-0.39, 0.29) is 6.03 Å². The smallest absolute Gasteiger partial charge is 0.321 e. The Morgan fingerprint density at radius 3 is 2.62 bits per heavy atom. The highest BCUT2D eigenvalue weighted by Crippen LogP contribution is 2.18. The standard InChI is InChI=1S/C18H23N5O/c1-13-5-3-4-6-16(13)22-18(24)23-9-7-15(8-10-23)21-17-11-14(2)19-12-20-17/h3-6,11-12,15H,7-10H2,1-2H3,(H,22,24)(H,19,20,21). The number of amides is 2. The molecule has 1 saturated heterocycles. The highest BCUT2D eigenvalue weighted by molar-refractivity contribution is 5.90. The highest BCUT2D eigenvalue weighted by Gasteiger charge is 2.23. The van der Waals surface area contributed by atoms with Gasteiger partial charge in [0.25, 0.3) is 0 Å². The van der Waals surface area contributed by atoms with Crippen molar-refractivity contribution in [3.05, 3.63) is 47.9 Å². The van der Waals surface area contributed by atoms with E-state index in [4.69, 9.17) is 0 Å². The quantitative estimate of drug-likeness (QED) is 0.909. The van der Waals surface area contributed by atoms with Crippen molar-refractivity contribution in [2.45, 2.75) is 32.7 Å². The maximum Gasteiger partial charge on any atom is 0.321 e. The molecule has 2 N–H and O–H groups in total. The second-order valence-electron chi connectivity index (χ2n) is 6.20. The molecule has 3 rings (SSSR count). The fourth-order valence-corrected chi connectivity index (χ4v) is 2.88. The number of nitrogens with one attached hydrogen (secondary N) is 2. The first-order valence-corrected chi connectivity index (χ1v) is 8.28. The Kier molecular flexibility index (Phi) is 4.93. The predicted molar refractivity (Wildman–Crippen MR) is 95.2 cm³/mol. The molecule has 0 aliphatic carbocycles. The van der Waals surface area contributed by atoms with Gasteiger partial charge in [-0.25, -0.2) is 14.8 Å². The summed E-state index contributed by atoms with van der Waals surface area (Å²) in [6.07, 6.45) is 3.39. The maximum absolute atomic E-state index is 12.4. The number of rotatable bonds is 3. The minimum Gasteiger partial charge on any atom is -0.367 e. The van der Waals surface area contributed by atoms with Crippen molar-refractivity contribution >= 4 is 17.5 Å². The minimum absolute atomic E-state index is 0.0272. The second-order valence-corrected chi connectivity index (χ2v) is 6.20. The minimum atomic E-state index is -0.0272. The van der Waals surface area contributed by atoms with Crippen LogP contribution >= 0.6 is 0 Å². The normalized spacial score (nSPS) is 15.2. The second kappa shape index (κ2) is 7.29. The first-order valence-electron chi connectivity index (χ1n) is 8.28. The lowest BCUT2D eigenvalue weighted by Gasteiger charge is -2.32. The Morgan fingerprint density at radius 1 is 1.17 bits per heavy atom. The first kappa shape index (κ1) is 16.2. The van der Waals surface area contributed by atoms with E-state index in [1.54, 1.807) is 6.33 Å². The molecular formula is C18H23N5O. The van der Waals surface area contributed by atoms with Crippen molar-refractivity contribution in [2.75, 3.05) is 23.7 Å². The Hall–Kier alpha value is -2.63. The van der Waals surface area contributed by atoms with Crippen LogP contribution < -0.4 is 10.6 Å². The molecular weight excluding hydrogens is 302 g/mol. The van der Waals surface area contributed by atoms with Gasteiger partial charge in [-0.05, 0) is 38.3 Å². The average Bonchev–Trinajstić information content (AvgIpc) is 2.57. The van der Waals surface area contributed by atoms with Crippen LogP contribution in [0.1, 0.15) is 24.1 Å². The number of carbonyl (C=O) groups excluding carboxylic acids is 1. The van der Waals surface area contributed by atoms with E-state index >= 15 is 0 Å². The van der Waals surface area contributed by atoms with E-state index in [1.807, 2.05) is 49.1 Å². The molecule has 1 aromatic heterocycles. The van der Waals surface area contributed by atoms with Gasteiger partial charge in [-0.1, -0.05) is 18.2 Å². The summed E-state index contributed by atoms with van der Waals surface area (Å²) in [5.41, 5.74) is 2.89. The van der Waals surface area contributed by atoms with Crippen molar-refractivity contribution in [2.24, 2.45) is 0 Å². The Labute approximate surface area is 142 Å². The van der Waals surface area contributed by atoms with E-state index < -0.39 is 0 Å². The molecule has 1 aliphatic heterocycles. The lowest BCUT2D eigenvalue weighted by molar-refractivity contribution is 0.197. The van der Waals surface area contributed by atoms with Crippen molar-refractivity contribution in [1.29, 1.82) is 0 Å². The van der Waals surface area contributed by atoms with Gasteiger partial charge in [0.15, 0.2) is 0 Å². The Balaban J connectivity index is 1.51. The topological polar surface area (TPSA) is 70.2 Å². The third-order valence-electron chi connectivity index (χ3n) is 4.32. The summed E-state index contributed by atoms with van der Waals surface area (Å²) in [6, 6.07) is 10.1. The SMILES string of the molecule is Cc1cc(NC2CCN(C(=O)Nc3ccccc3C)CC2)ncn1. The number of carbonyl (C=O) groups is 1. The summed E-state index contributed by atoms with van der Waals surface area (Å²) in [4.78, 5) is 22.6. The van der Waals surface area contributed by atoms with Gasteiger partial charge in [0.05, 0.1) is 0 Å². The van der Waals surface area contributed by atoms with Crippen LogP contribution in [0.5, 0.6) is 0 Å². The van der Waals surface area contributed by atoms with Crippen molar-refractivity contribution < 1.29 is 4.79 Å². The lowest BCUT2D eigenvalue weighted by atomic mass is 10.1. The molecule has 0 unspecified atom stereocenters. The van der Waals surface area contributed by atoms with Crippen LogP contribution in [0.4, 0.5) is 16.3 Å². The third kappa shape index (κ3) is 4.01. The van der Waals surface area contributed by atoms with Gasteiger partial charge in [-0.2, -0.15) is 0 Å². The zero-order valence-electron chi connectivity index (χ0n) is 14.1. The van der Waals surface area contributed by atoms with Gasteiger partial charge in [0.1, 0.15) is 12.1 Å². The summed E-state index contributed by atoms with van der Waals surface area (Å²) in [5.74, 6) is 0.852. The number of aryl methyl sites for hydroxylation is 2. The van der Waals surface area contributed by atoms with E-state index in [0.29, 0.717) is 6.04 Å². The number of para-hydroxylation sites is 1. The fourth-order valence-electron chi connectivity index (χ4n) is 2.88. The number of hydrogen-bond donors (Lipinski definition) is 2. The van der Waals surface area contributed by atoms with Crippen molar-refractivity contribution in [3.8, 4) is 0 Å². The summed E-state index contributed by atoms with van der Waals surface area (Å²) in [5, 5.41) is 6.43. The molecule has 24 heavy (non-hydrogen) atoms. The maximum atomic E-state index is 12.4. The van der Waals surface area contributed by atoms with Crippen LogP contribution in [0.3, 0.4) is 0 Å². The molecule has 1 fully saturated rings. The molecule has 0 bridgehead atoms. The summed E-state index contributed by atoms with van der Waals surface area (Å²) < 4.78 is 0. The van der Waals surface area contributed by atoms with Gasteiger partial charge in [-0.15, -0.1) is 0 Å². The molecule has 126 valence electrons. The van der Waals surface area contributed by atoms with Crippen LogP contribution in [0.25, 0.3) is 0 Å². The number of nitrogens with zero attached hydrogens (tertiary/aromatic N) is 3. The molecule has 1 aliphatic rings. The molecule has 2 amide bonds. The zero-order valence-corrected chi connectivity index (χ0v) is 14.1. The number of aromatic nitrogens is 2. The molecule has 0 spiro atoms. The number of hydrogen-bond acceptors (Lipinski definition) is 4. The summed E-state index contributed by atoms with van der Waals surface area (Å²) in [6.45, 7) is 5.42. The molecule has 1 aromatic carbocycles. The van der Waals surface area contributed by atoms with E-state index in [9.17, 15) is 4.79 Å². The van der Waals surface area contributed by atoms with Crippen LogP contribution in [0.15, 0.2) is 36.7 Å². The number of urea groups is 1. The highest BCUT2D eigenvalue weighted by atomic mass is 16.2. The fraction of sp³-hybridized carbons (Fsp3) is 0.389. The number of piperidine rings is 1. The van der Waals surface area contributed by atoms with Crippen molar-refractivity contribution in [3.63, 3.8) is 0 Å². The molecule has 6 nitrogen and oxygen atoms in total. The van der Waals surface area contributed by atoms with E-state index in [2.05, 4.69) is 20.6 Å². The van der Waals surface area contributed by atoms with Crippen LogP contribution in [0, 0.1) is 13.8 Å². The number of anilines is 2. The van der Waals surface area contributed by atoms with Crippen LogP contribution in [-0.2, 0) is 0 Å². The third-order valence-corrected chi connectivity index (χ3v) is 4.32. The zero-order chi connectivity index (χ0) is 16.9. The first-order chi connectivity index (χ1) is 11.6. The Morgan fingerprint density at radius 2 is 1.92 bits per heavy atom. The van der Waals surface area contributed by atoms with Gasteiger partial charge < -0.3 is 15.5 Å². The lowest BCUT2D eigenvalue weighted by Crippen LogP contribution is -2.44. The van der Waals surface area contributed by atoms with Gasteiger partial charge >= 0.3 is 6.03 Å². The van der Waals surface area contributed by atoms with Crippen LogP contribution in [-0.4, -0.2) is 40.0 Å². The predicted octanol–water partition coefficient (Wildman–Crippen LogP) is 3.20. The molecule has 6 heteroatoms.